The number of nitrogens with zero attached hydrogens (tertiary/aromatic N) is 2. The first-order valence-corrected chi connectivity index (χ1v) is 10.6. The van der Waals surface area contributed by atoms with Crippen molar-refractivity contribution in [2.45, 2.75) is 11.9 Å². The third-order valence-corrected chi connectivity index (χ3v) is 5.70. The number of amides is 3. The first kappa shape index (κ1) is 20.2. The van der Waals surface area contributed by atoms with E-state index in [1.54, 1.807) is 24.4 Å². The minimum absolute atomic E-state index is 0.122. The number of nitrogens with one attached hydrogen (secondary N) is 1. The Bertz CT molecular complexity index is 942. The molecule has 0 bridgehead atoms. The van der Waals surface area contributed by atoms with Gasteiger partial charge in [-0.25, -0.2) is 4.98 Å². The van der Waals surface area contributed by atoms with Crippen molar-refractivity contribution < 1.29 is 14.4 Å². The Kier molecular flexibility index (Phi) is 6.53. The Morgan fingerprint density at radius 3 is 2.71 bits per heavy atom. The van der Waals surface area contributed by atoms with E-state index in [1.807, 2.05) is 37.4 Å². The standard InChI is InChI=1S/C20H19N3O3S2/c1-13-5-7-14(8-6-13)12-16-19(25)23(20(26)28-16)11-10-21-17(24)15-4-3-9-22-18(15)27-2/h3-9,12H,10-11H2,1-2H3,(H,21,24)/b16-12+. The molecule has 1 fully saturated rings. The second-order valence-corrected chi connectivity index (χ2v) is 7.85. The monoisotopic (exact) mass is 413 g/mol. The zero-order valence-corrected chi connectivity index (χ0v) is 17.1. The molecule has 1 N–H and O–H groups in total. The largest absolute Gasteiger partial charge is 0.350 e. The summed E-state index contributed by atoms with van der Waals surface area (Å²) in [5.41, 5.74) is 2.47. The van der Waals surface area contributed by atoms with E-state index in [0.29, 0.717) is 15.5 Å². The molecule has 144 valence electrons. The summed E-state index contributed by atoms with van der Waals surface area (Å²) in [5, 5.41) is 3.05. The van der Waals surface area contributed by atoms with E-state index in [2.05, 4.69) is 10.3 Å². The van der Waals surface area contributed by atoms with Crippen LogP contribution < -0.4 is 5.32 Å². The number of carbonyl (C=O) groups excluding carboxylic acids is 3. The van der Waals surface area contributed by atoms with E-state index in [4.69, 9.17) is 0 Å². The highest BCUT2D eigenvalue weighted by Crippen LogP contribution is 2.31. The summed E-state index contributed by atoms with van der Waals surface area (Å²) in [5.74, 6) is -0.615. The molecule has 0 atom stereocenters. The fourth-order valence-electron chi connectivity index (χ4n) is 2.61. The molecule has 1 aliphatic heterocycles. The van der Waals surface area contributed by atoms with Gasteiger partial charge in [-0.2, -0.15) is 0 Å². The number of carbonyl (C=O) groups is 3. The van der Waals surface area contributed by atoms with Gasteiger partial charge in [-0.1, -0.05) is 29.8 Å². The minimum atomic E-state index is -0.337. The fraction of sp³-hybridized carbons (Fsp3) is 0.200. The molecule has 1 aromatic heterocycles. The smallest absolute Gasteiger partial charge is 0.293 e. The van der Waals surface area contributed by atoms with Crippen LogP contribution in [0, 0.1) is 6.92 Å². The number of benzene rings is 1. The molecule has 1 aliphatic rings. The Labute approximate surface area is 171 Å². The molecule has 0 unspecified atom stereocenters. The van der Waals surface area contributed by atoms with Crippen LogP contribution in [0.1, 0.15) is 21.5 Å². The van der Waals surface area contributed by atoms with Gasteiger partial charge in [0.05, 0.1) is 10.5 Å². The second kappa shape index (κ2) is 9.07. The average molecular weight is 414 g/mol. The number of aromatic nitrogens is 1. The molecule has 1 aromatic carbocycles. The summed E-state index contributed by atoms with van der Waals surface area (Å²) in [7, 11) is 0. The summed E-state index contributed by atoms with van der Waals surface area (Å²) in [6, 6.07) is 11.1. The third-order valence-electron chi connectivity index (χ3n) is 4.08. The zero-order valence-electron chi connectivity index (χ0n) is 15.5. The van der Waals surface area contributed by atoms with Gasteiger partial charge in [0, 0.05) is 19.3 Å². The number of rotatable bonds is 6. The number of hydrogen-bond donors (Lipinski definition) is 1. The molecule has 2 heterocycles. The highest BCUT2D eigenvalue weighted by Gasteiger charge is 2.34. The Morgan fingerprint density at radius 2 is 2.00 bits per heavy atom. The molecule has 28 heavy (non-hydrogen) atoms. The summed E-state index contributed by atoms with van der Waals surface area (Å²) >= 11 is 2.30. The van der Waals surface area contributed by atoms with Crippen molar-refractivity contribution in [3.8, 4) is 0 Å². The Morgan fingerprint density at radius 1 is 1.25 bits per heavy atom. The summed E-state index contributed by atoms with van der Waals surface area (Å²) < 4.78 is 0. The number of thioether (sulfide) groups is 2. The number of imide groups is 1. The molecule has 8 heteroatoms. The maximum absolute atomic E-state index is 12.5. The molecule has 0 saturated carbocycles. The highest BCUT2D eigenvalue weighted by atomic mass is 32.2. The van der Waals surface area contributed by atoms with Gasteiger partial charge in [0.1, 0.15) is 5.03 Å². The van der Waals surface area contributed by atoms with Crippen LogP contribution in [0.4, 0.5) is 4.79 Å². The highest BCUT2D eigenvalue weighted by molar-refractivity contribution is 8.18. The number of pyridine rings is 1. The lowest BCUT2D eigenvalue weighted by Crippen LogP contribution is -2.37. The molecule has 0 aliphatic carbocycles. The van der Waals surface area contributed by atoms with E-state index < -0.39 is 0 Å². The number of hydrogen-bond acceptors (Lipinski definition) is 6. The van der Waals surface area contributed by atoms with Crippen LogP contribution in [-0.2, 0) is 4.79 Å². The van der Waals surface area contributed by atoms with Crippen LogP contribution in [0.15, 0.2) is 52.5 Å². The maximum atomic E-state index is 12.5. The maximum Gasteiger partial charge on any atom is 0.293 e. The van der Waals surface area contributed by atoms with Crippen molar-refractivity contribution in [3.05, 3.63) is 64.2 Å². The molecule has 0 spiro atoms. The van der Waals surface area contributed by atoms with E-state index in [0.717, 1.165) is 27.8 Å². The molecule has 2 aromatic rings. The second-order valence-electron chi connectivity index (χ2n) is 6.06. The van der Waals surface area contributed by atoms with Crippen molar-refractivity contribution in [2.24, 2.45) is 0 Å². The van der Waals surface area contributed by atoms with Gasteiger partial charge in [-0.15, -0.1) is 11.8 Å². The summed E-state index contributed by atoms with van der Waals surface area (Å²) in [4.78, 5) is 42.7. The fourth-order valence-corrected chi connectivity index (χ4v) is 4.02. The van der Waals surface area contributed by atoms with Gasteiger partial charge in [-0.3, -0.25) is 19.3 Å². The lowest BCUT2D eigenvalue weighted by molar-refractivity contribution is -0.122. The van der Waals surface area contributed by atoms with Crippen molar-refractivity contribution in [3.63, 3.8) is 0 Å². The van der Waals surface area contributed by atoms with Crippen LogP contribution >= 0.6 is 23.5 Å². The van der Waals surface area contributed by atoms with Gasteiger partial charge in [0.15, 0.2) is 0 Å². The lowest BCUT2D eigenvalue weighted by Gasteiger charge is -2.13. The Hall–Kier alpha value is -2.58. The molecular formula is C20H19N3O3S2. The van der Waals surface area contributed by atoms with Gasteiger partial charge in [-0.05, 0) is 48.7 Å². The first-order chi connectivity index (χ1) is 13.5. The van der Waals surface area contributed by atoms with Gasteiger partial charge >= 0.3 is 0 Å². The quantitative estimate of drug-likeness (QED) is 0.576. The van der Waals surface area contributed by atoms with Crippen LogP contribution in [0.2, 0.25) is 0 Å². The van der Waals surface area contributed by atoms with Gasteiger partial charge < -0.3 is 5.32 Å². The average Bonchev–Trinajstić information content (AvgIpc) is 2.96. The van der Waals surface area contributed by atoms with Crippen LogP contribution in [0.5, 0.6) is 0 Å². The third kappa shape index (κ3) is 4.63. The van der Waals surface area contributed by atoms with E-state index in [9.17, 15) is 14.4 Å². The normalized spacial score (nSPS) is 15.4. The molecule has 3 rings (SSSR count). The van der Waals surface area contributed by atoms with Gasteiger partial charge in [0.25, 0.3) is 17.1 Å². The number of aryl methyl sites for hydroxylation is 1. The van der Waals surface area contributed by atoms with Crippen molar-refractivity contribution in [1.29, 1.82) is 0 Å². The lowest BCUT2D eigenvalue weighted by atomic mass is 10.1. The topological polar surface area (TPSA) is 79.4 Å². The Balaban J connectivity index is 1.60. The predicted molar refractivity (Wildman–Crippen MR) is 112 cm³/mol. The van der Waals surface area contributed by atoms with Crippen molar-refractivity contribution in [2.75, 3.05) is 19.3 Å². The van der Waals surface area contributed by atoms with E-state index in [1.165, 1.54) is 11.8 Å². The first-order valence-electron chi connectivity index (χ1n) is 8.59. The molecule has 0 radical (unpaired) electrons. The van der Waals surface area contributed by atoms with Gasteiger partial charge in [0.2, 0.25) is 0 Å². The summed E-state index contributed by atoms with van der Waals surface area (Å²) in [6.45, 7) is 2.29. The van der Waals surface area contributed by atoms with Crippen LogP contribution in [0.25, 0.3) is 6.08 Å². The zero-order chi connectivity index (χ0) is 20.1. The molecule has 6 nitrogen and oxygen atoms in total. The molecule has 3 amide bonds. The van der Waals surface area contributed by atoms with Crippen molar-refractivity contribution in [1.82, 2.24) is 15.2 Å². The van der Waals surface area contributed by atoms with E-state index >= 15 is 0 Å². The summed E-state index contributed by atoms with van der Waals surface area (Å²) in [6.07, 6.45) is 5.19. The minimum Gasteiger partial charge on any atom is -0.350 e. The van der Waals surface area contributed by atoms with Crippen LogP contribution in [-0.4, -0.2) is 46.3 Å². The van der Waals surface area contributed by atoms with E-state index in [-0.39, 0.29) is 30.1 Å². The predicted octanol–water partition coefficient (Wildman–Crippen LogP) is 3.58. The SMILES string of the molecule is CSc1ncccc1C(=O)NCCN1C(=O)S/C(=C/c2ccc(C)cc2)C1=O. The van der Waals surface area contributed by atoms with Crippen LogP contribution in [0.3, 0.4) is 0 Å². The molecule has 1 saturated heterocycles. The van der Waals surface area contributed by atoms with Crippen molar-refractivity contribution >= 4 is 46.7 Å². The molecular weight excluding hydrogens is 394 g/mol.